The molecule has 0 unspecified atom stereocenters. The van der Waals surface area contributed by atoms with Gasteiger partial charge in [-0.15, -0.1) is 11.3 Å². The van der Waals surface area contributed by atoms with E-state index in [4.69, 9.17) is 0 Å². The van der Waals surface area contributed by atoms with Gasteiger partial charge in [0.15, 0.2) is 15.7 Å². The summed E-state index contributed by atoms with van der Waals surface area (Å²) in [7, 11) is -3.47. The summed E-state index contributed by atoms with van der Waals surface area (Å²) in [6.07, 6.45) is 7.20. The Bertz CT molecular complexity index is 1110. The lowest BCUT2D eigenvalue weighted by atomic mass is 9.93. The average molecular weight is 429 g/mol. The molecule has 1 aliphatic rings. The number of carbonyl (C=O) groups is 1. The van der Waals surface area contributed by atoms with Crippen LogP contribution in [0.2, 0.25) is 0 Å². The average Bonchev–Trinajstić information content (AvgIpc) is 3.28. The summed E-state index contributed by atoms with van der Waals surface area (Å²) < 4.78 is 24.6. The largest absolute Gasteiger partial charge is 0.338 e. The number of hydrogen-bond donors (Lipinski definition) is 0. The van der Waals surface area contributed by atoms with E-state index in [0.29, 0.717) is 37.4 Å². The van der Waals surface area contributed by atoms with Crippen LogP contribution in [-0.4, -0.2) is 53.5 Å². The summed E-state index contributed by atoms with van der Waals surface area (Å²) in [6, 6.07) is 7.32. The van der Waals surface area contributed by atoms with Gasteiger partial charge in [-0.1, -0.05) is 6.07 Å². The number of piperidine rings is 1. The Labute approximate surface area is 173 Å². The lowest BCUT2D eigenvalue weighted by molar-refractivity contribution is 0.0716. The molecule has 0 atom stereocenters. The van der Waals surface area contributed by atoms with Crippen molar-refractivity contribution >= 4 is 27.1 Å². The van der Waals surface area contributed by atoms with Crippen LogP contribution in [0.15, 0.2) is 53.1 Å². The lowest BCUT2D eigenvalue weighted by Gasteiger charge is -2.32. The van der Waals surface area contributed by atoms with Gasteiger partial charge in [0.1, 0.15) is 4.90 Å². The van der Waals surface area contributed by atoms with Gasteiger partial charge < -0.3 is 4.90 Å². The van der Waals surface area contributed by atoms with Gasteiger partial charge in [-0.25, -0.2) is 18.4 Å². The Morgan fingerprint density at radius 2 is 1.97 bits per heavy atom. The molecular formula is C20H20N4O3S2. The van der Waals surface area contributed by atoms with Crippen molar-refractivity contribution in [2.24, 2.45) is 0 Å². The highest BCUT2D eigenvalue weighted by molar-refractivity contribution is 7.90. The number of aromatic nitrogens is 3. The number of hydrogen-bond acceptors (Lipinski definition) is 7. The minimum atomic E-state index is -3.47. The Morgan fingerprint density at radius 1 is 1.17 bits per heavy atom. The van der Waals surface area contributed by atoms with Gasteiger partial charge in [0.2, 0.25) is 0 Å². The summed E-state index contributed by atoms with van der Waals surface area (Å²) in [5.74, 6) is 0.434. The molecule has 3 aromatic rings. The van der Waals surface area contributed by atoms with Gasteiger partial charge in [-0.2, -0.15) is 0 Å². The standard InChI is InChI=1S/C20H20N4O3S2/c1-29(26,27)17-13-22-19(15-4-2-8-21-12-15)23-18(17)14-6-9-24(10-7-14)20(25)16-5-3-11-28-16/h2-5,8,11-14H,6-7,9-10H2,1H3. The molecule has 4 rings (SSSR count). The van der Waals surface area contributed by atoms with Crippen LogP contribution >= 0.6 is 11.3 Å². The van der Waals surface area contributed by atoms with Crippen molar-refractivity contribution in [3.8, 4) is 11.4 Å². The van der Waals surface area contributed by atoms with Gasteiger partial charge in [0.25, 0.3) is 5.91 Å². The maximum atomic E-state index is 12.6. The van der Waals surface area contributed by atoms with Crippen LogP contribution < -0.4 is 0 Å². The summed E-state index contributed by atoms with van der Waals surface area (Å²) >= 11 is 1.43. The third-order valence-electron chi connectivity index (χ3n) is 5.00. The van der Waals surface area contributed by atoms with Crippen molar-refractivity contribution in [2.45, 2.75) is 23.7 Å². The van der Waals surface area contributed by atoms with Gasteiger partial charge in [0.05, 0.1) is 10.6 Å². The second kappa shape index (κ2) is 8.00. The molecule has 0 saturated carbocycles. The van der Waals surface area contributed by atoms with Crippen LogP contribution in [0.1, 0.15) is 34.1 Å². The van der Waals surface area contributed by atoms with Crippen LogP contribution in [0.25, 0.3) is 11.4 Å². The van der Waals surface area contributed by atoms with E-state index in [1.54, 1.807) is 18.5 Å². The fourth-order valence-electron chi connectivity index (χ4n) is 3.51. The number of rotatable bonds is 4. The molecule has 29 heavy (non-hydrogen) atoms. The molecule has 1 aliphatic heterocycles. The Morgan fingerprint density at radius 3 is 2.59 bits per heavy atom. The van der Waals surface area contributed by atoms with E-state index in [1.165, 1.54) is 23.8 Å². The zero-order valence-electron chi connectivity index (χ0n) is 15.9. The second-order valence-corrected chi connectivity index (χ2v) is 9.93. The van der Waals surface area contributed by atoms with Crippen LogP contribution in [0, 0.1) is 0 Å². The normalized spacial score (nSPS) is 15.4. The number of amides is 1. The number of carbonyl (C=O) groups excluding carboxylic acids is 1. The molecule has 0 N–H and O–H groups in total. The van der Waals surface area contributed by atoms with E-state index in [0.717, 1.165) is 10.4 Å². The molecule has 1 fully saturated rings. The molecule has 9 heteroatoms. The fraction of sp³-hybridized carbons (Fsp3) is 0.300. The number of sulfone groups is 1. The molecule has 0 aliphatic carbocycles. The molecule has 0 bridgehead atoms. The number of thiophene rings is 1. The monoisotopic (exact) mass is 428 g/mol. The quantitative estimate of drug-likeness (QED) is 0.634. The van der Waals surface area contributed by atoms with Gasteiger partial charge in [0, 0.05) is 49.4 Å². The molecule has 150 valence electrons. The number of nitrogens with zero attached hydrogens (tertiary/aromatic N) is 4. The van der Waals surface area contributed by atoms with E-state index in [9.17, 15) is 13.2 Å². The highest BCUT2D eigenvalue weighted by Gasteiger charge is 2.30. The smallest absolute Gasteiger partial charge is 0.263 e. The van der Waals surface area contributed by atoms with E-state index >= 15 is 0 Å². The maximum Gasteiger partial charge on any atom is 0.263 e. The molecule has 1 amide bonds. The summed E-state index contributed by atoms with van der Waals surface area (Å²) in [6.45, 7) is 1.13. The predicted octanol–water partition coefficient (Wildman–Crippen LogP) is 3.02. The first kappa shape index (κ1) is 19.7. The predicted molar refractivity (Wildman–Crippen MR) is 111 cm³/mol. The highest BCUT2D eigenvalue weighted by atomic mass is 32.2. The van der Waals surface area contributed by atoms with E-state index in [2.05, 4.69) is 15.0 Å². The first-order chi connectivity index (χ1) is 13.9. The second-order valence-electron chi connectivity index (χ2n) is 7.00. The van der Waals surface area contributed by atoms with Gasteiger partial charge >= 0.3 is 0 Å². The molecule has 4 heterocycles. The van der Waals surface area contributed by atoms with E-state index in [-0.39, 0.29) is 16.7 Å². The highest BCUT2D eigenvalue weighted by Crippen LogP contribution is 2.32. The SMILES string of the molecule is CS(=O)(=O)c1cnc(-c2cccnc2)nc1C1CCN(C(=O)c2cccs2)CC1. The first-order valence-electron chi connectivity index (χ1n) is 9.23. The van der Waals surface area contributed by atoms with Crippen molar-refractivity contribution < 1.29 is 13.2 Å². The fourth-order valence-corrected chi connectivity index (χ4v) is 5.04. The zero-order valence-corrected chi connectivity index (χ0v) is 17.5. The summed E-state index contributed by atoms with van der Waals surface area (Å²) in [5, 5.41) is 1.89. The van der Waals surface area contributed by atoms with Crippen LogP contribution in [0.4, 0.5) is 0 Å². The molecular weight excluding hydrogens is 408 g/mol. The van der Waals surface area contributed by atoms with Crippen molar-refractivity contribution in [1.29, 1.82) is 0 Å². The van der Waals surface area contributed by atoms with Crippen LogP contribution in [-0.2, 0) is 9.84 Å². The molecule has 3 aromatic heterocycles. The van der Waals surface area contributed by atoms with Crippen LogP contribution in [0.3, 0.4) is 0 Å². The molecule has 0 radical (unpaired) electrons. The van der Waals surface area contributed by atoms with Crippen molar-refractivity contribution in [3.05, 3.63) is 58.8 Å². The number of pyridine rings is 1. The topological polar surface area (TPSA) is 93.1 Å². The minimum absolute atomic E-state index is 0.0283. The molecule has 1 saturated heterocycles. The van der Waals surface area contributed by atoms with Crippen molar-refractivity contribution in [1.82, 2.24) is 19.9 Å². The van der Waals surface area contributed by atoms with E-state index < -0.39 is 9.84 Å². The summed E-state index contributed by atoms with van der Waals surface area (Å²) in [5.41, 5.74) is 1.27. The molecule has 0 aromatic carbocycles. The minimum Gasteiger partial charge on any atom is -0.338 e. The summed E-state index contributed by atoms with van der Waals surface area (Å²) in [4.78, 5) is 28.2. The Balaban J connectivity index is 1.61. The number of likely N-dealkylation sites (tertiary alicyclic amines) is 1. The maximum absolute atomic E-state index is 12.6. The third-order valence-corrected chi connectivity index (χ3v) is 6.97. The molecule has 0 spiro atoms. The lowest BCUT2D eigenvalue weighted by Crippen LogP contribution is -2.38. The Kier molecular flexibility index (Phi) is 5.42. The van der Waals surface area contributed by atoms with Crippen molar-refractivity contribution in [3.63, 3.8) is 0 Å². The van der Waals surface area contributed by atoms with Gasteiger partial charge in [-0.3, -0.25) is 9.78 Å². The zero-order chi connectivity index (χ0) is 20.4. The van der Waals surface area contributed by atoms with Crippen LogP contribution in [0.5, 0.6) is 0 Å². The molecule has 7 nitrogen and oxygen atoms in total. The first-order valence-corrected chi connectivity index (χ1v) is 12.0. The van der Waals surface area contributed by atoms with Crippen molar-refractivity contribution in [2.75, 3.05) is 19.3 Å². The van der Waals surface area contributed by atoms with E-state index in [1.807, 2.05) is 28.5 Å². The Hall–Kier alpha value is -2.65. The van der Waals surface area contributed by atoms with Gasteiger partial charge in [-0.05, 0) is 36.4 Å². The third kappa shape index (κ3) is 4.20.